The molecule has 0 amide bonds. The number of fused-ring (bicyclic) bond motifs is 1. The topological polar surface area (TPSA) is 89.3 Å². The minimum absolute atomic E-state index is 0.0485. The van der Waals surface area contributed by atoms with E-state index in [1.165, 1.54) is 18.2 Å². The van der Waals surface area contributed by atoms with Crippen molar-refractivity contribution in [1.82, 2.24) is 5.32 Å². The number of rotatable bonds is 5. The minimum atomic E-state index is -0.678. The van der Waals surface area contributed by atoms with Gasteiger partial charge < -0.3 is 5.32 Å². The monoisotopic (exact) mass is 434 g/mol. The highest BCUT2D eigenvalue weighted by Crippen LogP contribution is 2.33. The molecule has 3 rings (SSSR count). The number of nitrogens with one attached hydrogen (secondary N) is 1. The lowest BCUT2D eigenvalue weighted by molar-refractivity contribution is -0.385. The normalized spacial score (nSPS) is 13.6. The number of ketones is 2. The first kappa shape index (κ1) is 18.3. The molecule has 0 bridgehead atoms. The molecule has 1 aliphatic rings. The Kier molecular flexibility index (Phi) is 5.20. The van der Waals surface area contributed by atoms with E-state index in [0.29, 0.717) is 13.0 Å². The van der Waals surface area contributed by atoms with Crippen LogP contribution in [0.2, 0.25) is 0 Å². The standard InChI is InChI=1S/C18H12BrClN2O4/c19-11-6-4-10(5-7-11)8-9-21-16-15(20)17(23)12-2-1-3-13(22(25)26)14(12)18(16)24/h1-7,21H,8-9H2. The smallest absolute Gasteiger partial charge is 0.281 e. The summed E-state index contributed by atoms with van der Waals surface area (Å²) in [6, 6.07) is 11.6. The maximum Gasteiger partial charge on any atom is 0.281 e. The average molecular weight is 436 g/mol. The second kappa shape index (κ2) is 7.39. The number of nitro benzene ring substituents is 1. The van der Waals surface area contributed by atoms with Gasteiger partial charge in [-0.3, -0.25) is 19.7 Å². The Bertz CT molecular complexity index is 954. The molecule has 2 aromatic carbocycles. The van der Waals surface area contributed by atoms with Gasteiger partial charge in [-0.15, -0.1) is 0 Å². The van der Waals surface area contributed by atoms with Gasteiger partial charge >= 0.3 is 0 Å². The largest absolute Gasteiger partial charge is 0.380 e. The van der Waals surface area contributed by atoms with Crippen LogP contribution in [0, 0.1) is 10.1 Å². The van der Waals surface area contributed by atoms with E-state index in [1.54, 1.807) is 0 Å². The van der Waals surface area contributed by atoms with Gasteiger partial charge in [0.15, 0.2) is 0 Å². The number of halogens is 2. The Hall–Kier alpha value is -2.51. The molecule has 26 heavy (non-hydrogen) atoms. The molecular formula is C18H12BrClN2O4. The average Bonchev–Trinajstić information content (AvgIpc) is 2.63. The van der Waals surface area contributed by atoms with E-state index >= 15 is 0 Å². The lowest BCUT2D eigenvalue weighted by Crippen LogP contribution is -2.30. The predicted octanol–water partition coefficient (Wildman–Crippen LogP) is 4.02. The molecule has 0 aliphatic heterocycles. The summed E-state index contributed by atoms with van der Waals surface area (Å²) in [7, 11) is 0. The Morgan fingerprint density at radius 3 is 2.42 bits per heavy atom. The van der Waals surface area contributed by atoms with Gasteiger partial charge in [-0.05, 0) is 30.2 Å². The number of allylic oxidation sites excluding steroid dienone is 2. The number of hydrogen-bond donors (Lipinski definition) is 1. The third-order valence-corrected chi connectivity index (χ3v) is 4.87. The zero-order valence-electron chi connectivity index (χ0n) is 13.3. The maximum absolute atomic E-state index is 12.7. The zero-order chi connectivity index (χ0) is 18.8. The molecule has 0 fully saturated rings. The fourth-order valence-corrected chi connectivity index (χ4v) is 3.24. The molecule has 0 radical (unpaired) electrons. The number of carbonyl (C=O) groups excluding carboxylic acids is 2. The highest BCUT2D eigenvalue weighted by molar-refractivity contribution is 9.10. The van der Waals surface area contributed by atoms with Crippen LogP contribution in [0.3, 0.4) is 0 Å². The van der Waals surface area contributed by atoms with Crippen LogP contribution in [0.15, 0.2) is 57.7 Å². The Balaban J connectivity index is 1.85. The molecule has 0 spiro atoms. The molecule has 1 N–H and O–H groups in total. The SMILES string of the molecule is O=C1C(Cl)=C(NCCc2ccc(Br)cc2)C(=O)c2c1cccc2[N+](=O)[O-]. The molecule has 0 saturated carbocycles. The van der Waals surface area contributed by atoms with E-state index in [2.05, 4.69) is 21.2 Å². The van der Waals surface area contributed by atoms with Gasteiger partial charge in [0.1, 0.15) is 16.3 Å². The van der Waals surface area contributed by atoms with E-state index < -0.39 is 22.2 Å². The van der Waals surface area contributed by atoms with Crippen LogP contribution in [0.25, 0.3) is 0 Å². The Morgan fingerprint density at radius 2 is 1.77 bits per heavy atom. The maximum atomic E-state index is 12.7. The van der Waals surface area contributed by atoms with Gasteiger partial charge in [0.25, 0.3) is 5.69 Å². The lowest BCUT2D eigenvalue weighted by atomic mass is 9.91. The van der Waals surface area contributed by atoms with Crippen molar-refractivity contribution in [2.45, 2.75) is 6.42 Å². The highest BCUT2D eigenvalue weighted by atomic mass is 79.9. The summed E-state index contributed by atoms with van der Waals surface area (Å²) in [6.45, 7) is 0.349. The number of nitro groups is 1. The molecule has 6 nitrogen and oxygen atoms in total. The number of Topliss-reactive ketones (excluding diaryl/α,β-unsaturated/α-hetero) is 2. The number of benzene rings is 2. The predicted molar refractivity (Wildman–Crippen MR) is 100 cm³/mol. The number of carbonyl (C=O) groups is 2. The summed E-state index contributed by atoms with van der Waals surface area (Å²) in [5.74, 6) is -1.25. The van der Waals surface area contributed by atoms with Gasteiger partial charge in [-0.2, -0.15) is 0 Å². The molecule has 0 atom stereocenters. The Morgan fingerprint density at radius 1 is 1.08 bits per heavy atom. The molecule has 132 valence electrons. The van der Waals surface area contributed by atoms with Gasteiger partial charge in [-0.25, -0.2) is 0 Å². The number of nitrogens with zero attached hydrogens (tertiary/aromatic N) is 1. The first-order valence-electron chi connectivity index (χ1n) is 7.65. The van der Waals surface area contributed by atoms with Crippen molar-refractivity contribution in [3.8, 4) is 0 Å². The van der Waals surface area contributed by atoms with Crippen LogP contribution in [-0.2, 0) is 6.42 Å². The zero-order valence-corrected chi connectivity index (χ0v) is 15.6. The van der Waals surface area contributed by atoms with Crippen LogP contribution in [0.1, 0.15) is 26.3 Å². The molecular weight excluding hydrogens is 424 g/mol. The van der Waals surface area contributed by atoms with Gasteiger partial charge in [0, 0.05) is 22.6 Å². The summed E-state index contributed by atoms with van der Waals surface area (Å²) >= 11 is 9.42. The summed E-state index contributed by atoms with van der Waals surface area (Å²) in [6.07, 6.45) is 0.589. The van der Waals surface area contributed by atoms with Crippen molar-refractivity contribution in [2.24, 2.45) is 0 Å². The second-order valence-electron chi connectivity index (χ2n) is 5.61. The van der Waals surface area contributed by atoms with E-state index in [4.69, 9.17) is 11.6 Å². The lowest BCUT2D eigenvalue weighted by Gasteiger charge is -2.18. The van der Waals surface area contributed by atoms with Crippen LogP contribution in [-0.4, -0.2) is 23.0 Å². The second-order valence-corrected chi connectivity index (χ2v) is 6.90. The van der Waals surface area contributed by atoms with Crippen LogP contribution >= 0.6 is 27.5 Å². The van der Waals surface area contributed by atoms with Crippen molar-refractivity contribution >= 4 is 44.8 Å². The van der Waals surface area contributed by atoms with Crippen LogP contribution in [0.5, 0.6) is 0 Å². The highest BCUT2D eigenvalue weighted by Gasteiger charge is 2.36. The van der Waals surface area contributed by atoms with Crippen LogP contribution < -0.4 is 5.32 Å². The summed E-state index contributed by atoms with van der Waals surface area (Å²) in [5.41, 5.74) is 0.247. The summed E-state index contributed by atoms with van der Waals surface area (Å²) in [5, 5.41) is 13.8. The molecule has 1 aliphatic carbocycles. The van der Waals surface area contributed by atoms with E-state index in [9.17, 15) is 19.7 Å². The third-order valence-electron chi connectivity index (χ3n) is 3.99. The van der Waals surface area contributed by atoms with Crippen molar-refractivity contribution in [3.05, 3.63) is 84.5 Å². The fourth-order valence-electron chi connectivity index (χ4n) is 2.72. The quantitative estimate of drug-likeness (QED) is 0.566. The third kappa shape index (κ3) is 3.40. The van der Waals surface area contributed by atoms with Crippen molar-refractivity contribution < 1.29 is 14.5 Å². The summed E-state index contributed by atoms with van der Waals surface area (Å²) < 4.78 is 0.955. The molecule has 8 heteroatoms. The molecule has 0 saturated heterocycles. The van der Waals surface area contributed by atoms with E-state index in [-0.39, 0.29) is 21.9 Å². The molecule has 2 aromatic rings. The minimum Gasteiger partial charge on any atom is -0.380 e. The van der Waals surface area contributed by atoms with Crippen molar-refractivity contribution in [3.63, 3.8) is 0 Å². The van der Waals surface area contributed by atoms with Crippen molar-refractivity contribution in [1.29, 1.82) is 0 Å². The van der Waals surface area contributed by atoms with Gasteiger partial charge in [0.2, 0.25) is 11.6 Å². The molecule has 0 heterocycles. The van der Waals surface area contributed by atoms with Gasteiger partial charge in [0.05, 0.1) is 4.92 Å². The van der Waals surface area contributed by atoms with Crippen LogP contribution in [0.4, 0.5) is 5.69 Å². The Labute approximate surface area is 162 Å². The van der Waals surface area contributed by atoms with E-state index in [1.807, 2.05) is 24.3 Å². The van der Waals surface area contributed by atoms with E-state index in [0.717, 1.165) is 10.0 Å². The molecule has 0 unspecified atom stereocenters. The fraction of sp³-hybridized carbons (Fsp3) is 0.111. The molecule has 0 aromatic heterocycles. The number of hydrogen-bond acceptors (Lipinski definition) is 5. The first-order chi connectivity index (χ1) is 12.4. The van der Waals surface area contributed by atoms with Crippen molar-refractivity contribution in [2.75, 3.05) is 6.54 Å². The summed E-state index contributed by atoms with van der Waals surface area (Å²) in [4.78, 5) is 35.7. The van der Waals surface area contributed by atoms with Gasteiger partial charge in [-0.1, -0.05) is 45.7 Å². The first-order valence-corrected chi connectivity index (χ1v) is 8.82.